The molecule has 17 heteroatoms. The molecule has 2 heterocycles. The topological polar surface area (TPSA) is 297 Å². The van der Waals surface area contributed by atoms with E-state index >= 15 is 0 Å². The standard InChI is InChI=1S/C43H72O17/c1-19(2)42(56,18-57-35-33(53)31(51)29(49)22(15-44)58-35)10-9-20(3)28-21(46)14-39(5)24-7-8-25-40(6,37(55)60-36-34(54)32(52)30(50)23(16-45)59-36)26(47)13-27(48)43(25)17-41(24,43)12-11-38(28,39)4/h19-36,44-54,56H,7-18H2,1-6H3/t20-,21+,22-,23-,24+,25+,26+,27+,28+,29-,30-,31+,32+,33-,34-,35-,36+,38-,39+,40+,41+,42-,43-/m1/s1. The molecule has 7 aliphatic rings. The average molecular weight is 861 g/mol. The number of aliphatic hydroxyl groups is 12. The van der Waals surface area contributed by atoms with Crippen molar-refractivity contribution in [2.24, 2.45) is 56.7 Å². The Labute approximate surface area is 351 Å². The Bertz CT molecular complexity index is 1570. The maximum Gasteiger partial charge on any atom is 0.317 e. The molecule has 2 saturated heterocycles. The molecule has 0 unspecified atom stereocenters. The molecule has 60 heavy (non-hydrogen) atoms. The van der Waals surface area contributed by atoms with Crippen molar-refractivity contribution in [3.8, 4) is 0 Å². The van der Waals surface area contributed by atoms with Crippen LogP contribution in [0.15, 0.2) is 0 Å². The van der Waals surface area contributed by atoms with Crippen LogP contribution in [0.1, 0.15) is 99.3 Å². The Hall–Kier alpha value is -1.13. The molecule has 0 aromatic carbocycles. The van der Waals surface area contributed by atoms with Crippen molar-refractivity contribution in [3.63, 3.8) is 0 Å². The molecular weight excluding hydrogens is 788 g/mol. The SMILES string of the molecule is CC(C)[C@@](O)(CC[C@@H](C)[C@H]1[C@@H](O)C[C@@]2(C)[C@@H]3CC[C@H]4[C@](C)(C(=O)O[C@@H]5O[C@H](CO)[C@@H](O)[C@H](O)[C@H]5O)[C@@H](O)C[C@H](O)[C@@]45C[C@@]35CC[C@]12C)CO[C@@H]1O[C@H](CO)[C@@H](O)[C@H](O)[C@H]1O. The van der Waals surface area contributed by atoms with Gasteiger partial charge in [-0.1, -0.05) is 34.6 Å². The van der Waals surface area contributed by atoms with Crippen molar-refractivity contribution in [1.29, 1.82) is 0 Å². The molecule has 0 aromatic rings. The van der Waals surface area contributed by atoms with Gasteiger partial charge < -0.3 is 80.2 Å². The molecule has 0 bridgehead atoms. The Morgan fingerprint density at radius 2 is 1.32 bits per heavy atom. The Kier molecular flexibility index (Phi) is 12.6. The van der Waals surface area contributed by atoms with Gasteiger partial charge in [0.2, 0.25) is 6.29 Å². The molecule has 23 atom stereocenters. The molecule has 7 rings (SSSR count). The minimum absolute atomic E-state index is 0.0428. The second kappa shape index (κ2) is 16.1. The fourth-order valence-corrected chi connectivity index (χ4v) is 14.5. The van der Waals surface area contributed by atoms with Gasteiger partial charge in [-0.15, -0.1) is 0 Å². The van der Waals surface area contributed by atoms with Crippen LogP contribution in [0.3, 0.4) is 0 Å². The van der Waals surface area contributed by atoms with Crippen LogP contribution in [0.5, 0.6) is 0 Å². The van der Waals surface area contributed by atoms with Crippen molar-refractivity contribution < 1.29 is 85.0 Å². The normalized spacial score (nSPS) is 53.9. The maximum absolute atomic E-state index is 14.3. The quantitative estimate of drug-likeness (QED) is 0.101. The summed E-state index contributed by atoms with van der Waals surface area (Å²) in [4.78, 5) is 14.3. The summed E-state index contributed by atoms with van der Waals surface area (Å²) < 4.78 is 22.5. The predicted molar refractivity (Wildman–Crippen MR) is 208 cm³/mol. The molecule has 12 N–H and O–H groups in total. The number of aliphatic hydroxyl groups excluding tert-OH is 11. The number of ether oxygens (including phenoxy) is 4. The molecule has 0 aromatic heterocycles. The second-order valence-electron chi connectivity index (χ2n) is 21.1. The van der Waals surface area contributed by atoms with E-state index in [-0.39, 0.29) is 52.9 Å². The Morgan fingerprint density at radius 1 is 0.750 bits per heavy atom. The number of carbonyl (C=O) groups excluding carboxylic acids is 1. The van der Waals surface area contributed by atoms with E-state index in [0.29, 0.717) is 38.5 Å². The Balaban J connectivity index is 1.07. The predicted octanol–water partition coefficient (Wildman–Crippen LogP) is -1.33. The average Bonchev–Trinajstić information content (AvgIpc) is 3.84. The monoisotopic (exact) mass is 860 g/mol. The molecule has 346 valence electrons. The van der Waals surface area contributed by atoms with Crippen LogP contribution in [-0.4, -0.2) is 172 Å². The fourth-order valence-electron chi connectivity index (χ4n) is 14.5. The molecule has 0 amide bonds. The lowest BCUT2D eigenvalue weighted by atomic mass is 9.41. The third-order valence-electron chi connectivity index (χ3n) is 18.4. The highest BCUT2D eigenvalue weighted by atomic mass is 16.7. The molecule has 5 saturated carbocycles. The number of rotatable bonds is 12. The highest BCUT2D eigenvalue weighted by molar-refractivity contribution is 5.78. The van der Waals surface area contributed by atoms with E-state index < -0.39 is 121 Å². The van der Waals surface area contributed by atoms with Gasteiger partial charge >= 0.3 is 5.97 Å². The van der Waals surface area contributed by atoms with Crippen LogP contribution in [0.25, 0.3) is 0 Å². The van der Waals surface area contributed by atoms with E-state index in [9.17, 15) is 66.1 Å². The lowest BCUT2D eigenvalue weighted by molar-refractivity contribution is -0.310. The summed E-state index contributed by atoms with van der Waals surface area (Å²) in [7, 11) is 0. The fraction of sp³-hybridized carbons (Fsp3) is 0.977. The minimum Gasteiger partial charge on any atom is -0.432 e. The third kappa shape index (κ3) is 6.61. The van der Waals surface area contributed by atoms with Gasteiger partial charge in [0.25, 0.3) is 0 Å². The van der Waals surface area contributed by atoms with Crippen LogP contribution in [0, 0.1) is 56.7 Å². The molecule has 7 fully saturated rings. The van der Waals surface area contributed by atoms with Crippen molar-refractivity contribution in [2.75, 3.05) is 19.8 Å². The summed E-state index contributed by atoms with van der Waals surface area (Å²) >= 11 is 0. The smallest absolute Gasteiger partial charge is 0.317 e. The molecule has 2 spiro atoms. The number of hydrogen-bond acceptors (Lipinski definition) is 17. The summed E-state index contributed by atoms with van der Waals surface area (Å²) in [6, 6.07) is 0. The van der Waals surface area contributed by atoms with E-state index in [1.54, 1.807) is 6.92 Å². The van der Waals surface area contributed by atoms with Gasteiger partial charge in [-0.2, -0.15) is 0 Å². The lowest BCUT2D eigenvalue weighted by Gasteiger charge is -2.63. The van der Waals surface area contributed by atoms with Gasteiger partial charge in [0.05, 0.1) is 49.1 Å². The first-order chi connectivity index (χ1) is 27.9. The first-order valence-electron chi connectivity index (χ1n) is 22.2. The zero-order chi connectivity index (χ0) is 44.3. The van der Waals surface area contributed by atoms with Crippen LogP contribution in [0.2, 0.25) is 0 Å². The summed E-state index contributed by atoms with van der Waals surface area (Å²) in [5.74, 6) is -1.73. The van der Waals surface area contributed by atoms with E-state index in [2.05, 4.69) is 20.8 Å². The van der Waals surface area contributed by atoms with Gasteiger partial charge in [0.15, 0.2) is 6.29 Å². The van der Waals surface area contributed by atoms with Crippen LogP contribution >= 0.6 is 0 Å². The number of fused-ring (bicyclic) bond motifs is 2. The number of hydrogen-bond donors (Lipinski definition) is 12. The molecule has 5 aliphatic carbocycles. The van der Waals surface area contributed by atoms with Crippen molar-refractivity contribution in [2.45, 2.75) is 185 Å². The summed E-state index contributed by atoms with van der Waals surface area (Å²) in [5, 5.41) is 129. The van der Waals surface area contributed by atoms with Crippen LogP contribution in [-0.2, 0) is 23.7 Å². The van der Waals surface area contributed by atoms with Gasteiger partial charge in [0.1, 0.15) is 48.8 Å². The van der Waals surface area contributed by atoms with Crippen molar-refractivity contribution in [3.05, 3.63) is 0 Å². The molecular formula is C43H72O17. The maximum atomic E-state index is 14.3. The molecule has 0 radical (unpaired) electrons. The van der Waals surface area contributed by atoms with E-state index in [0.717, 1.165) is 12.8 Å². The molecule has 17 nitrogen and oxygen atoms in total. The van der Waals surface area contributed by atoms with E-state index in [1.807, 2.05) is 13.8 Å². The van der Waals surface area contributed by atoms with Gasteiger partial charge in [-0.05, 0) is 104 Å². The summed E-state index contributed by atoms with van der Waals surface area (Å²) in [6.07, 6.45) is -13.7. The second-order valence-corrected chi connectivity index (χ2v) is 21.1. The van der Waals surface area contributed by atoms with Crippen molar-refractivity contribution >= 4 is 5.97 Å². The first kappa shape index (κ1) is 46.9. The Morgan fingerprint density at radius 3 is 1.90 bits per heavy atom. The minimum atomic E-state index is -1.80. The van der Waals surface area contributed by atoms with Crippen LogP contribution < -0.4 is 0 Å². The number of carbonyl (C=O) groups is 1. The first-order valence-corrected chi connectivity index (χ1v) is 22.2. The van der Waals surface area contributed by atoms with Gasteiger partial charge in [-0.3, -0.25) is 4.79 Å². The van der Waals surface area contributed by atoms with Crippen molar-refractivity contribution in [1.82, 2.24) is 0 Å². The third-order valence-corrected chi connectivity index (χ3v) is 18.4. The number of esters is 1. The summed E-state index contributed by atoms with van der Waals surface area (Å²) in [6.45, 7) is 10.4. The van der Waals surface area contributed by atoms with Crippen LogP contribution in [0.4, 0.5) is 0 Å². The molecule has 2 aliphatic heterocycles. The highest BCUT2D eigenvalue weighted by Gasteiger charge is 2.86. The lowest BCUT2D eigenvalue weighted by Crippen LogP contribution is -2.65. The largest absolute Gasteiger partial charge is 0.432 e. The zero-order valence-electron chi connectivity index (χ0n) is 35.8. The van der Waals surface area contributed by atoms with Gasteiger partial charge in [-0.25, -0.2) is 0 Å². The summed E-state index contributed by atoms with van der Waals surface area (Å²) in [5.41, 5.74) is -4.67. The highest BCUT2D eigenvalue weighted by Crippen LogP contribution is 2.89. The van der Waals surface area contributed by atoms with Gasteiger partial charge in [0, 0.05) is 11.8 Å². The zero-order valence-corrected chi connectivity index (χ0v) is 35.8. The van der Waals surface area contributed by atoms with E-state index in [4.69, 9.17) is 18.9 Å². The van der Waals surface area contributed by atoms with E-state index in [1.165, 1.54) is 0 Å².